The average molecular weight is 294 g/mol. The van der Waals surface area contributed by atoms with E-state index in [4.69, 9.17) is 11.5 Å². The van der Waals surface area contributed by atoms with Gasteiger partial charge in [-0.25, -0.2) is 19.6 Å². The first-order valence-corrected chi connectivity index (χ1v) is 5.47. The maximum atomic E-state index is 12.9. The molecule has 0 atom stereocenters. The third kappa shape index (κ3) is 3.08. The second kappa shape index (κ2) is 5.49. The van der Waals surface area contributed by atoms with Gasteiger partial charge in [0.1, 0.15) is 0 Å². The van der Waals surface area contributed by atoms with Gasteiger partial charge in [-0.1, -0.05) is 0 Å². The number of hydrogen-bond donors (Lipinski definition) is 2. The van der Waals surface area contributed by atoms with Crippen molar-refractivity contribution < 1.29 is 23.1 Å². The highest BCUT2D eigenvalue weighted by Gasteiger charge is 2.20. The Morgan fingerprint density at radius 3 is 1.67 bits per heavy atom. The number of nitrogens with two attached hydrogens (primary N) is 2. The van der Waals surface area contributed by atoms with E-state index in [-0.39, 0.29) is 22.5 Å². The first-order valence-electron chi connectivity index (χ1n) is 5.47. The molecule has 2 heterocycles. The summed E-state index contributed by atoms with van der Waals surface area (Å²) < 4.78 is 30.4. The molecule has 2 aromatic rings. The number of anilines is 2. The molecule has 21 heavy (non-hydrogen) atoms. The molecule has 7 nitrogen and oxygen atoms in total. The van der Waals surface area contributed by atoms with E-state index >= 15 is 0 Å². The molecule has 0 aliphatic rings. The van der Waals surface area contributed by atoms with E-state index in [1.54, 1.807) is 0 Å². The molecule has 0 unspecified atom stereocenters. The van der Waals surface area contributed by atoms with Crippen molar-refractivity contribution in [1.29, 1.82) is 0 Å². The number of hydrogen-bond acceptors (Lipinski definition) is 7. The molecule has 0 fully saturated rings. The molecule has 0 spiro atoms. The Labute approximate surface area is 116 Å². The topological polar surface area (TPSA) is 121 Å². The number of aromatic nitrogens is 2. The van der Waals surface area contributed by atoms with Crippen LogP contribution in [0.15, 0.2) is 24.5 Å². The lowest BCUT2D eigenvalue weighted by Crippen LogP contribution is -2.16. The molecule has 108 valence electrons. The number of nitrogen functional groups attached to an aromatic ring is 2. The lowest BCUT2D eigenvalue weighted by Gasteiger charge is -2.06. The molecule has 0 radical (unpaired) electrons. The van der Waals surface area contributed by atoms with Crippen LogP contribution in [-0.4, -0.2) is 21.9 Å². The monoisotopic (exact) mass is 294 g/mol. The van der Waals surface area contributed by atoms with Crippen LogP contribution in [0.3, 0.4) is 0 Å². The molecule has 0 aliphatic carbocycles. The minimum Gasteiger partial charge on any atom is -0.397 e. The number of rotatable bonds is 2. The summed E-state index contributed by atoms with van der Waals surface area (Å²) in [4.78, 5) is 29.9. The van der Waals surface area contributed by atoms with E-state index < -0.39 is 23.8 Å². The van der Waals surface area contributed by atoms with E-state index in [1.165, 1.54) is 0 Å². The molecule has 2 rings (SSSR count). The Bertz CT molecular complexity index is 675. The molecule has 0 amide bonds. The summed E-state index contributed by atoms with van der Waals surface area (Å²) in [6.45, 7) is 0. The summed E-state index contributed by atoms with van der Waals surface area (Å²) in [6.07, 6.45) is 1.80. The summed E-state index contributed by atoms with van der Waals surface area (Å²) in [5.74, 6) is -4.37. The zero-order valence-electron chi connectivity index (χ0n) is 10.3. The molecule has 2 aromatic heterocycles. The molecular weight excluding hydrogens is 286 g/mol. The number of carbonyl (C=O) groups excluding carboxylic acids is 2. The average Bonchev–Trinajstić information content (AvgIpc) is 2.43. The fourth-order valence-electron chi connectivity index (χ4n) is 1.43. The minimum absolute atomic E-state index is 0.178. The standard InChI is InChI=1S/C12H8F2N4O3/c13-9-1-5(7(15)3-17-9)11(19)21-12(20)6-2-10(14)18-4-8(6)16/h1-4H,15-16H2. The van der Waals surface area contributed by atoms with Gasteiger partial charge in [0, 0.05) is 12.1 Å². The highest BCUT2D eigenvalue weighted by atomic mass is 19.1. The van der Waals surface area contributed by atoms with Crippen molar-refractivity contribution in [3.8, 4) is 0 Å². The number of carbonyl (C=O) groups is 2. The molecule has 9 heteroatoms. The van der Waals surface area contributed by atoms with Crippen LogP contribution in [0.1, 0.15) is 20.7 Å². The molecule has 0 saturated heterocycles. The van der Waals surface area contributed by atoms with E-state index in [2.05, 4.69) is 14.7 Å². The second-order valence-electron chi connectivity index (χ2n) is 3.87. The zero-order valence-corrected chi connectivity index (χ0v) is 10.3. The molecule has 0 aromatic carbocycles. The number of halogens is 2. The van der Waals surface area contributed by atoms with Gasteiger partial charge in [-0.05, 0) is 0 Å². The molecule has 0 bridgehead atoms. The normalized spacial score (nSPS) is 10.2. The van der Waals surface area contributed by atoms with Gasteiger partial charge in [0.05, 0.1) is 34.9 Å². The van der Waals surface area contributed by atoms with Crippen molar-refractivity contribution in [3.63, 3.8) is 0 Å². The summed E-state index contributed by atoms with van der Waals surface area (Å²) in [7, 11) is 0. The lowest BCUT2D eigenvalue weighted by atomic mass is 10.2. The Balaban J connectivity index is 2.25. The van der Waals surface area contributed by atoms with E-state index in [1.807, 2.05) is 0 Å². The minimum atomic E-state index is -1.21. The van der Waals surface area contributed by atoms with Crippen molar-refractivity contribution >= 4 is 23.3 Å². The van der Waals surface area contributed by atoms with Gasteiger partial charge in [-0.2, -0.15) is 8.78 Å². The van der Waals surface area contributed by atoms with Crippen LogP contribution in [0.25, 0.3) is 0 Å². The van der Waals surface area contributed by atoms with Crippen molar-refractivity contribution in [3.05, 3.63) is 47.5 Å². The molecule has 0 aliphatic heterocycles. The van der Waals surface area contributed by atoms with E-state index in [0.29, 0.717) is 12.1 Å². The van der Waals surface area contributed by atoms with Gasteiger partial charge >= 0.3 is 11.9 Å². The number of pyridine rings is 2. The Morgan fingerprint density at radius 1 is 0.905 bits per heavy atom. The summed E-state index contributed by atoms with van der Waals surface area (Å²) in [6, 6.07) is 1.42. The maximum absolute atomic E-state index is 12.9. The Kier molecular flexibility index (Phi) is 3.74. The van der Waals surface area contributed by atoms with Crippen LogP contribution in [0.2, 0.25) is 0 Å². The van der Waals surface area contributed by atoms with E-state index in [0.717, 1.165) is 12.4 Å². The highest BCUT2D eigenvalue weighted by molar-refractivity contribution is 6.06. The molecule has 4 N–H and O–H groups in total. The Hall–Kier alpha value is -3.10. The van der Waals surface area contributed by atoms with Crippen LogP contribution in [0.4, 0.5) is 20.2 Å². The quantitative estimate of drug-likeness (QED) is 0.479. The molecule has 0 saturated carbocycles. The fraction of sp³-hybridized carbons (Fsp3) is 0. The van der Waals surface area contributed by atoms with Crippen molar-refractivity contribution in [2.45, 2.75) is 0 Å². The first-order chi connectivity index (χ1) is 9.88. The smallest absolute Gasteiger partial charge is 0.348 e. The lowest BCUT2D eigenvalue weighted by molar-refractivity contribution is 0.0398. The SMILES string of the molecule is Nc1cnc(F)cc1C(=O)OC(=O)c1cc(F)ncc1N. The highest BCUT2D eigenvalue weighted by Crippen LogP contribution is 2.16. The molecular formula is C12H8F2N4O3. The third-order valence-corrected chi connectivity index (χ3v) is 2.43. The van der Waals surface area contributed by atoms with Crippen molar-refractivity contribution in [2.24, 2.45) is 0 Å². The van der Waals surface area contributed by atoms with Crippen molar-refractivity contribution in [1.82, 2.24) is 9.97 Å². The maximum Gasteiger partial charge on any atom is 0.348 e. The predicted molar refractivity (Wildman–Crippen MR) is 67.0 cm³/mol. The van der Waals surface area contributed by atoms with Crippen LogP contribution in [0.5, 0.6) is 0 Å². The second-order valence-corrected chi connectivity index (χ2v) is 3.87. The van der Waals surface area contributed by atoms with E-state index in [9.17, 15) is 18.4 Å². The van der Waals surface area contributed by atoms with Crippen LogP contribution < -0.4 is 11.5 Å². The van der Waals surface area contributed by atoms with Crippen LogP contribution in [-0.2, 0) is 4.74 Å². The Morgan fingerprint density at radius 2 is 1.29 bits per heavy atom. The van der Waals surface area contributed by atoms with Gasteiger partial charge in [-0.15, -0.1) is 0 Å². The largest absolute Gasteiger partial charge is 0.397 e. The van der Waals surface area contributed by atoms with Gasteiger partial charge in [-0.3, -0.25) is 0 Å². The predicted octanol–water partition coefficient (Wildman–Crippen LogP) is 0.916. The fourth-order valence-corrected chi connectivity index (χ4v) is 1.43. The summed E-state index contributed by atoms with van der Waals surface area (Å²) in [5, 5.41) is 0. The third-order valence-electron chi connectivity index (χ3n) is 2.43. The van der Waals surface area contributed by atoms with Gasteiger partial charge in [0.2, 0.25) is 11.9 Å². The zero-order chi connectivity index (χ0) is 15.6. The number of ether oxygens (including phenoxy) is 1. The first kappa shape index (κ1) is 14.3. The van der Waals surface area contributed by atoms with Gasteiger partial charge in [0.15, 0.2) is 0 Å². The van der Waals surface area contributed by atoms with Crippen LogP contribution >= 0.6 is 0 Å². The summed E-state index contributed by atoms with van der Waals surface area (Å²) in [5.41, 5.74) is 9.72. The van der Waals surface area contributed by atoms with Gasteiger partial charge < -0.3 is 16.2 Å². The van der Waals surface area contributed by atoms with Crippen LogP contribution in [0, 0.1) is 11.9 Å². The number of nitrogens with zero attached hydrogens (tertiary/aromatic N) is 2. The van der Waals surface area contributed by atoms with Gasteiger partial charge in [0.25, 0.3) is 0 Å². The number of esters is 2. The van der Waals surface area contributed by atoms with Crippen molar-refractivity contribution in [2.75, 3.05) is 11.5 Å². The summed E-state index contributed by atoms with van der Waals surface area (Å²) >= 11 is 0.